The van der Waals surface area contributed by atoms with Crippen LogP contribution >= 0.6 is 11.3 Å². The summed E-state index contributed by atoms with van der Waals surface area (Å²) < 4.78 is 25.8. The molecule has 5 rings (SSSR count). The average Bonchev–Trinajstić information content (AvgIpc) is 3.48. The molecule has 2 unspecified atom stereocenters. The molecule has 2 aliphatic heterocycles. The molecule has 1 aromatic carbocycles. The summed E-state index contributed by atoms with van der Waals surface area (Å²) >= 11 is 1.33. The number of carbonyl (C=O) groups excluding carboxylic acids is 1. The number of ether oxygens (including phenoxy) is 2. The zero-order chi connectivity index (χ0) is 23.5. The van der Waals surface area contributed by atoms with Crippen molar-refractivity contribution in [3.63, 3.8) is 0 Å². The Morgan fingerprint density at radius 2 is 2.24 bits per heavy atom. The summed E-state index contributed by atoms with van der Waals surface area (Å²) in [5.41, 5.74) is 1.41. The summed E-state index contributed by atoms with van der Waals surface area (Å²) in [6.45, 7) is 4.83. The van der Waals surface area contributed by atoms with Crippen molar-refractivity contribution < 1.29 is 18.7 Å². The topological polar surface area (TPSA) is 97.4 Å². The van der Waals surface area contributed by atoms with Gasteiger partial charge in [-0.15, -0.1) is 11.3 Å². The van der Waals surface area contributed by atoms with Crippen LogP contribution in [0.5, 0.6) is 5.75 Å². The molecule has 4 heterocycles. The van der Waals surface area contributed by atoms with Crippen LogP contribution in [0.25, 0.3) is 10.2 Å². The highest BCUT2D eigenvalue weighted by Crippen LogP contribution is 2.37. The third kappa shape index (κ3) is 4.98. The van der Waals surface area contributed by atoms with Gasteiger partial charge in [0.1, 0.15) is 34.6 Å². The molecule has 180 valence electrons. The number of nitrogens with zero attached hydrogens (tertiary/aromatic N) is 2. The zero-order valence-corrected chi connectivity index (χ0v) is 19.8. The standard InChI is InChI=1S/C24H28FN5O3S/c1-14-20-22(30-18-7-6-15(25)10-19(18)33-17-4-2-8-26-11-17)28-13-29-24(20)34-21(14)23(31)27-12-16-5-3-9-32-16/h6-7,10,13,16-17,26H,2-5,8-9,11-12H2,1H3,(H,27,31)(H,28,29,30). The van der Waals surface area contributed by atoms with E-state index in [4.69, 9.17) is 9.47 Å². The molecule has 2 saturated heterocycles. The highest BCUT2D eigenvalue weighted by molar-refractivity contribution is 7.20. The van der Waals surface area contributed by atoms with Gasteiger partial charge in [0.2, 0.25) is 0 Å². The maximum atomic E-state index is 14.0. The number of hydrogen-bond donors (Lipinski definition) is 3. The molecule has 2 atom stereocenters. The number of piperidine rings is 1. The Bertz CT molecular complexity index is 1170. The van der Waals surface area contributed by atoms with Crippen molar-refractivity contribution in [1.82, 2.24) is 20.6 Å². The number of benzene rings is 1. The van der Waals surface area contributed by atoms with Crippen LogP contribution in [0.3, 0.4) is 0 Å². The first kappa shape index (κ1) is 22.9. The van der Waals surface area contributed by atoms with Crippen molar-refractivity contribution >= 4 is 39.0 Å². The lowest BCUT2D eigenvalue weighted by atomic mass is 10.1. The van der Waals surface area contributed by atoms with Gasteiger partial charge in [-0.2, -0.15) is 0 Å². The monoisotopic (exact) mass is 485 g/mol. The van der Waals surface area contributed by atoms with E-state index in [1.165, 1.54) is 29.8 Å². The number of anilines is 2. The normalized spacial score (nSPS) is 20.4. The van der Waals surface area contributed by atoms with E-state index >= 15 is 0 Å². The second-order valence-electron chi connectivity index (χ2n) is 8.66. The summed E-state index contributed by atoms with van der Waals surface area (Å²) in [5, 5.41) is 10.4. The number of halogens is 1. The Morgan fingerprint density at radius 3 is 3.03 bits per heavy atom. The quantitative estimate of drug-likeness (QED) is 0.467. The van der Waals surface area contributed by atoms with Crippen molar-refractivity contribution in [2.45, 2.75) is 44.8 Å². The van der Waals surface area contributed by atoms with Crippen molar-refractivity contribution in [3.8, 4) is 5.75 Å². The molecule has 2 fully saturated rings. The van der Waals surface area contributed by atoms with Crippen LogP contribution in [0.15, 0.2) is 24.5 Å². The predicted octanol–water partition coefficient (Wildman–Crippen LogP) is 3.92. The van der Waals surface area contributed by atoms with Crippen molar-refractivity contribution in [1.29, 1.82) is 0 Å². The predicted molar refractivity (Wildman–Crippen MR) is 130 cm³/mol. The molecule has 0 aliphatic carbocycles. The first-order chi connectivity index (χ1) is 16.6. The van der Waals surface area contributed by atoms with Gasteiger partial charge in [0.15, 0.2) is 0 Å². The van der Waals surface area contributed by atoms with E-state index in [1.807, 2.05) is 6.92 Å². The van der Waals surface area contributed by atoms with Crippen LogP contribution in [0.4, 0.5) is 15.9 Å². The number of nitrogens with one attached hydrogen (secondary N) is 3. The van der Waals surface area contributed by atoms with Crippen LogP contribution < -0.4 is 20.7 Å². The zero-order valence-electron chi connectivity index (χ0n) is 19.0. The summed E-state index contributed by atoms with van der Waals surface area (Å²) in [6, 6.07) is 4.42. The van der Waals surface area contributed by atoms with Gasteiger partial charge in [0, 0.05) is 25.8 Å². The minimum absolute atomic E-state index is 0.0245. The number of carbonyl (C=O) groups is 1. The van der Waals surface area contributed by atoms with Crippen molar-refractivity contribution in [2.24, 2.45) is 0 Å². The second kappa shape index (κ2) is 10.2. The minimum Gasteiger partial charge on any atom is -0.487 e. The van der Waals surface area contributed by atoms with Crippen LogP contribution in [0.2, 0.25) is 0 Å². The maximum Gasteiger partial charge on any atom is 0.261 e. The fourth-order valence-electron chi connectivity index (χ4n) is 4.40. The van der Waals surface area contributed by atoms with Crippen molar-refractivity contribution in [2.75, 3.05) is 31.6 Å². The van der Waals surface area contributed by atoms with E-state index in [0.29, 0.717) is 33.5 Å². The highest BCUT2D eigenvalue weighted by Gasteiger charge is 2.23. The molecule has 8 nitrogen and oxygen atoms in total. The molecule has 0 saturated carbocycles. The third-order valence-electron chi connectivity index (χ3n) is 6.19. The largest absolute Gasteiger partial charge is 0.487 e. The lowest BCUT2D eigenvalue weighted by molar-refractivity contribution is 0.0860. The first-order valence-corrected chi connectivity index (χ1v) is 12.5. The first-order valence-electron chi connectivity index (χ1n) is 11.7. The Labute approximate surface area is 201 Å². The molecule has 0 bridgehead atoms. The fraction of sp³-hybridized carbons (Fsp3) is 0.458. The number of aryl methyl sites for hydroxylation is 1. The number of amides is 1. The summed E-state index contributed by atoms with van der Waals surface area (Å²) in [7, 11) is 0. The Kier molecular flexibility index (Phi) is 6.89. The number of thiophene rings is 1. The molecule has 2 aromatic heterocycles. The second-order valence-corrected chi connectivity index (χ2v) is 9.65. The molecule has 3 aromatic rings. The van der Waals surface area contributed by atoms with Gasteiger partial charge in [-0.05, 0) is 56.8 Å². The van der Waals surface area contributed by atoms with Crippen LogP contribution in [0.1, 0.15) is 40.9 Å². The lowest BCUT2D eigenvalue weighted by Gasteiger charge is -2.25. The fourth-order valence-corrected chi connectivity index (χ4v) is 5.46. The number of hydrogen-bond acceptors (Lipinski definition) is 8. The maximum absolute atomic E-state index is 14.0. The SMILES string of the molecule is Cc1c(C(=O)NCC2CCCO2)sc2ncnc(Nc3ccc(F)cc3OC3CCCNC3)c12. The van der Waals surface area contributed by atoms with E-state index in [2.05, 4.69) is 25.9 Å². The smallest absolute Gasteiger partial charge is 0.261 e. The van der Waals surface area contributed by atoms with Crippen LogP contribution in [-0.4, -0.2) is 54.3 Å². The van der Waals surface area contributed by atoms with Gasteiger partial charge in [0.25, 0.3) is 5.91 Å². The number of fused-ring (bicyclic) bond motifs is 1. The van der Waals surface area contributed by atoms with Gasteiger partial charge in [0.05, 0.1) is 22.1 Å². The number of rotatable bonds is 7. The third-order valence-corrected chi connectivity index (χ3v) is 7.39. The summed E-state index contributed by atoms with van der Waals surface area (Å²) in [5.74, 6) is 0.477. The molecule has 3 N–H and O–H groups in total. The molecule has 1 amide bonds. The van der Waals surface area contributed by atoms with Gasteiger partial charge < -0.3 is 25.4 Å². The Balaban J connectivity index is 1.39. The van der Waals surface area contributed by atoms with E-state index in [1.54, 1.807) is 6.07 Å². The van der Waals surface area contributed by atoms with Crippen LogP contribution in [0, 0.1) is 12.7 Å². The van der Waals surface area contributed by atoms with E-state index in [-0.39, 0.29) is 23.9 Å². The molecule has 10 heteroatoms. The number of aromatic nitrogens is 2. The summed E-state index contributed by atoms with van der Waals surface area (Å²) in [6.07, 6.45) is 5.43. The highest BCUT2D eigenvalue weighted by atomic mass is 32.1. The van der Waals surface area contributed by atoms with E-state index < -0.39 is 0 Å². The van der Waals surface area contributed by atoms with E-state index in [9.17, 15) is 9.18 Å². The molecular weight excluding hydrogens is 457 g/mol. The molecular formula is C24H28FN5O3S. The summed E-state index contributed by atoms with van der Waals surface area (Å²) in [4.78, 5) is 23.0. The Morgan fingerprint density at radius 1 is 1.32 bits per heavy atom. The van der Waals surface area contributed by atoms with Gasteiger partial charge in [-0.3, -0.25) is 4.79 Å². The molecule has 34 heavy (non-hydrogen) atoms. The van der Waals surface area contributed by atoms with Gasteiger partial charge >= 0.3 is 0 Å². The van der Waals surface area contributed by atoms with Crippen LogP contribution in [-0.2, 0) is 4.74 Å². The lowest BCUT2D eigenvalue weighted by Crippen LogP contribution is -2.37. The minimum atomic E-state index is -0.367. The average molecular weight is 486 g/mol. The molecule has 2 aliphatic rings. The van der Waals surface area contributed by atoms with Crippen molar-refractivity contribution in [3.05, 3.63) is 40.8 Å². The van der Waals surface area contributed by atoms with Gasteiger partial charge in [-0.1, -0.05) is 0 Å². The Hall–Kier alpha value is -2.82. The molecule has 0 radical (unpaired) electrons. The molecule has 0 spiro atoms. The van der Waals surface area contributed by atoms with Gasteiger partial charge in [-0.25, -0.2) is 14.4 Å². The van der Waals surface area contributed by atoms with E-state index in [0.717, 1.165) is 56.3 Å².